The van der Waals surface area contributed by atoms with E-state index in [1.54, 1.807) is 0 Å². The maximum Gasteiger partial charge on any atom is 0.407 e. The number of methoxy groups -OCH3 is 1. The molecule has 0 aromatic rings. The van der Waals surface area contributed by atoms with Crippen LogP contribution in [0, 0.1) is 0 Å². The fourth-order valence-electron chi connectivity index (χ4n) is 1.82. The van der Waals surface area contributed by atoms with E-state index in [0.29, 0.717) is 0 Å². The zero-order chi connectivity index (χ0) is 16.3. The lowest BCUT2D eigenvalue weighted by atomic mass is 10.0. The number of alkyl halides is 1. The van der Waals surface area contributed by atoms with Gasteiger partial charge in [0.1, 0.15) is 5.60 Å². The van der Waals surface area contributed by atoms with Crippen LogP contribution in [-0.4, -0.2) is 36.1 Å². The monoisotopic (exact) mass is 365 g/mol. The number of hydrogen-bond acceptors (Lipinski definition) is 4. The summed E-state index contributed by atoms with van der Waals surface area (Å²) in [4.78, 5) is 23.2. The molecule has 0 aliphatic rings. The molecule has 6 heteroatoms. The van der Waals surface area contributed by atoms with Crippen LogP contribution in [0.25, 0.3) is 0 Å². The third-order valence-corrected chi connectivity index (χ3v) is 3.36. The highest BCUT2D eigenvalue weighted by molar-refractivity contribution is 9.09. The summed E-state index contributed by atoms with van der Waals surface area (Å²) in [6.45, 7) is 5.42. The summed E-state index contributed by atoms with van der Waals surface area (Å²) >= 11 is 3.40. The molecule has 0 spiro atoms. The Hall–Kier alpha value is -0.780. The Morgan fingerprint density at radius 2 is 1.76 bits per heavy atom. The second-order valence-electron chi connectivity index (χ2n) is 6.02. The van der Waals surface area contributed by atoms with Gasteiger partial charge in [-0.2, -0.15) is 0 Å². The highest BCUT2D eigenvalue weighted by Gasteiger charge is 2.21. The van der Waals surface area contributed by atoms with Gasteiger partial charge in [0.15, 0.2) is 0 Å². The van der Waals surface area contributed by atoms with Crippen molar-refractivity contribution in [3.63, 3.8) is 0 Å². The fraction of sp³-hybridized carbons (Fsp3) is 0.867. The van der Waals surface area contributed by atoms with Crippen molar-refractivity contribution in [2.75, 3.05) is 12.4 Å². The molecule has 0 aliphatic carbocycles. The van der Waals surface area contributed by atoms with Gasteiger partial charge >= 0.3 is 12.1 Å². The Balaban J connectivity index is 4.25. The van der Waals surface area contributed by atoms with Crippen molar-refractivity contribution in [2.45, 2.75) is 70.9 Å². The average Bonchev–Trinajstić information content (AvgIpc) is 2.35. The number of rotatable bonds is 9. The number of hydrogen-bond donors (Lipinski definition) is 1. The van der Waals surface area contributed by atoms with Crippen LogP contribution < -0.4 is 5.32 Å². The lowest BCUT2D eigenvalue weighted by molar-refractivity contribution is -0.141. The minimum absolute atomic E-state index is 0.175. The minimum atomic E-state index is -0.546. The predicted octanol–water partition coefficient (Wildman–Crippen LogP) is 3.79. The number of alkyl carbamates (subject to hydrolysis) is 1. The summed E-state index contributed by atoms with van der Waals surface area (Å²) in [6.07, 6.45) is 4.76. The number of esters is 1. The molecule has 0 fully saturated rings. The Morgan fingerprint density at radius 1 is 1.14 bits per heavy atom. The summed E-state index contributed by atoms with van der Waals surface area (Å²) in [6, 6.07) is -0.240. The van der Waals surface area contributed by atoms with Crippen molar-refractivity contribution >= 4 is 28.0 Å². The van der Waals surface area contributed by atoms with Crippen LogP contribution in [0.2, 0.25) is 0 Å². The van der Waals surface area contributed by atoms with Gasteiger partial charge in [0.2, 0.25) is 0 Å². The number of ether oxygens (including phenoxy) is 2. The molecular formula is C15H28BrNO4. The van der Waals surface area contributed by atoms with Crippen molar-refractivity contribution in [3.05, 3.63) is 0 Å². The van der Waals surface area contributed by atoms with E-state index in [4.69, 9.17) is 4.74 Å². The minimum Gasteiger partial charge on any atom is -0.469 e. The van der Waals surface area contributed by atoms with Gasteiger partial charge in [0, 0.05) is 11.4 Å². The molecule has 0 saturated heterocycles. The first-order valence-electron chi connectivity index (χ1n) is 7.40. The SMILES string of the molecule is COC(=O)C[C@@H](CCCCCCBr)NC(=O)OC(C)(C)C. The zero-order valence-electron chi connectivity index (χ0n) is 13.5. The first-order chi connectivity index (χ1) is 9.78. The van der Waals surface area contributed by atoms with Gasteiger partial charge in [-0.25, -0.2) is 4.79 Å². The summed E-state index contributed by atoms with van der Waals surface area (Å²) in [5.74, 6) is -0.323. The number of nitrogens with one attached hydrogen (secondary N) is 1. The predicted molar refractivity (Wildman–Crippen MR) is 86.7 cm³/mol. The second kappa shape index (κ2) is 10.9. The van der Waals surface area contributed by atoms with Crippen LogP contribution in [-0.2, 0) is 14.3 Å². The summed E-state index contributed by atoms with van der Waals surface area (Å²) < 4.78 is 9.89. The Kier molecular flexibility index (Phi) is 10.5. The van der Waals surface area contributed by atoms with Gasteiger partial charge in [-0.1, -0.05) is 35.2 Å². The standard InChI is InChI=1S/C15H28BrNO4/c1-15(2,3)21-14(19)17-12(11-13(18)20-4)9-7-5-6-8-10-16/h12H,5-11H2,1-4H3,(H,17,19)/t12-/m1/s1. The van der Waals surface area contributed by atoms with E-state index in [-0.39, 0.29) is 18.4 Å². The molecule has 0 unspecified atom stereocenters. The first kappa shape index (κ1) is 20.2. The first-order valence-corrected chi connectivity index (χ1v) is 8.53. The molecule has 1 atom stereocenters. The fourth-order valence-corrected chi connectivity index (χ4v) is 2.22. The highest BCUT2D eigenvalue weighted by atomic mass is 79.9. The van der Waals surface area contributed by atoms with Crippen LogP contribution in [0.15, 0.2) is 0 Å². The maximum absolute atomic E-state index is 11.8. The molecule has 0 aromatic carbocycles. The molecule has 0 rings (SSSR count). The van der Waals surface area contributed by atoms with Gasteiger partial charge in [0.25, 0.3) is 0 Å². The molecule has 124 valence electrons. The lowest BCUT2D eigenvalue weighted by Gasteiger charge is -2.23. The van der Waals surface area contributed by atoms with Crippen molar-refractivity contribution in [2.24, 2.45) is 0 Å². The van der Waals surface area contributed by atoms with E-state index in [9.17, 15) is 9.59 Å². The van der Waals surface area contributed by atoms with Gasteiger partial charge in [-0.15, -0.1) is 0 Å². The highest BCUT2D eigenvalue weighted by Crippen LogP contribution is 2.12. The topological polar surface area (TPSA) is 64.6 Å². The van der Waals surface area contributed by atoms with Crippen molar-refractivity contribution < 1.29 is 19.1 Å². The number of amides is 1. The Bertz CT molecular complexity index is 315. The lowest BCUT2D eigenvalue weighted by Crippen LogP contribution is -2.40. The quantitative estimate of drug-likeness (QED) is 0.383. The molecule has 0 bridgehead atoms. The smallest absolute Gasteiger partial charge is 0.407 e. The van der Waals surface area contributed by atoms with Crippen LogP contribution in [0.3, 0.4) is 0 Å². The van der Waals surface area contributed by atoms with Crippen LogP contribution >= 0.6 is 15.9 Å². The molecule has 1 amide bonds. The van der Waals surface area contributed by atoms with Crippen LogP contribution in [0.4, 0.5) is 4.79 Å². The normalized spacial score (nSPS) is 12.6. The molecule has 5 nitrogen and oxygen atoms in total. The van der Waals surface area contributed by atoms with E-state index in [2.05, 4.69) is 26.0 Å². The van der Waals surface area contributed by atoms with E-state index in [1.165, 1.54) is 7.11 Å². The molecule has 0 aliphatic heterocycles. The van der Waals surface area contributed by atoms with Crippen molar-refractivity contribution in [1.82, 2.24) is 5.32 Å². The van der Waals surface area contributed by atoms with Gasteiger partial charge in [-0.05, 0) is 33.6 Å². The molecule has 0 aromatic heterocycles. The third-order valence-electron chi connectivity index (χ3n) is 2.80. The van der Waals surface area contributed by atoms with E-state index in [1.807, 2.05) is 20.8 Å². The van der Waals surface area contributed by atoms with Crippen molar-refractivity contribution in [1.29, 1.82) is 0 Å². The number of carbonyl (C=O) groups is 2. The molecule has 0 saturated carbocycles. The number of unbranched alkanes of at least 4 members (excludes halogenated alkanes) is 3. The summed E-state index contributed by atoms with van der Waals surface area (Å²) in [5.41, 5.74) is -0.546. The van der Waals surface area contributed by atoms with E-state index >= 15 is 0 Å². The third kappa shape index (κ3) is 12.7. The van der Waals surface area contributed by atoms with E-state index in [0.717, 1.165) is 37.4 Å². The molecule has 21 heavy (non-hydrogen) atoms. The summed E-state index contributed by atoms with van der Waals surface area (Å²) in [5, 5.41) is 3.77. The largest absolute Gasteiger partial charge is 0.469 e. The molecule has 0 radical (unpaired) electrons. The van der Waals surface area contributed by atoms with Crippen LogP contribution in [0.1, 0.15) is 59.3 Å². The number of halogens is 1. The number of carbonyl (C=O) groups excluding carboxylic acids is 2. The molecular weight excluding hydrogens is 338 g/mol. The van der Waals surface area contributed by atoms with E-state index < -0.39 is 11.7 Å². The van der Waals surface area contributed by atoms with Gasteiger partial charge < -0.3 is 14.8 Å². The van der Waals surface area contributed by atoms with Gasteiger partial charge in [-0.3, -0.25) is 4.79 Å². The molecule has 0 heterocycles. The van der Waals surface area contributed by atoms with Crippen LogP contribution in [0.5, 0.6) is 0 Å². The second-order valence-corrected chi connectivity index (χ2v) is 6.81. The Morgan fingerprint density at radius 3 is 2.29 bits per heavy atom. The molecule has 1 N–H and O–H groups in total. The summed E-state index contributed by atoms with van der Waals surface area (Å²) in [7, 11) is 1.35. The average molecular weight is 366 g/mol. The maximum atomic E-state index is 11.8. The zero-order valence-corrected chi connectivity index (χ0v) is 15.1. The Labute approximate surface area is 136 Å². The van der Waals surface area contributed by atoms with Gasteiger partial charge in [0.05, 0.1) is 13.5 Å². The van der Waals surface area contributed by atoms with Crippen molar-refractivity contribution in [3.8, 4) is 0 Å².